The molecule has 2 aromatic carbocycles. The summed E-state index contributed by atoms with van der Waals surface area (Å²) in [5, 5.41) is 3.81. The van der Waals surface area contributed by atoms with Crippen molar-refractivity contribution in [3.8, 4) is 0 Å². The average molecular weight is 349 g/mol. The van der Waals surface area contributed by atoms with Crippen LogP contribution in [0.5, 0.6) is 0 Å². The summed E-state index contributed by atoms with van der Waals surface area (Å²) in [7, 11) is 2.05. The van der Waals surface area contributed by atoms with E-state index >= 15 is 0 Å². The van der Waals surface area contributed by atoms with Gasteiger partial charge in [0.1, 0.15) is 0 Å². The van der Waals surface area contributed by atoms with Crippen LogP contribution in [0.4, 0.5) is 10.5 Å². The van der Waals surface area contributed by atoms with Crippen LogP contribution in [0.25, 0.3) is 0 Å². The number of hydrogen-bond acceptors (Lipinski definition) is 2. The van der Waals surface area contributed by atoms with Crippen LogP contribution >= 0.6 is 23.2 Å². The van der Waals surface area contributed by atoms with E-state index in [9.17, 15) is 4.79 Å². The molecule has 1 aliphatic heterocycles. The highest BCUT2D eigenvalue weighted by Crippen LogP contribution is 2.38. The number of likely N-dealkylation sites (N-methyl/N-ethyl adjacent to an activating group) is 1. The van der Waals surface area contributed by atoms with Gasteiger partial charge in [-0.05, 0) is 48.0 Å². The van der Waals surface area contributed by atoms with Crippen LogP contribution in [0.1, 0.15) is 22.6 Å². The number of urea groups is 1. The van der Waals surface area contributed by atoms with Crippen LogP contribution < -0.4 is 11.1 Å². The monoisotopic (exact) mass is 348 g/mol. The molecule has 0 bridgehead atoms. The Bertz CT molecular complexity index is 763. The third-order valence-electron chi connectivity index (χ3n) is 4.04. The molecule has 2 amide bonds. The van der Waals surface area contributed by atoms with Gasteiger partial charge in [0.25, 0.3) is 0 Å². The number of carbonyl (C=O) groups excluding carboxylic acids is 1. The number of halogens is 2. The smallest absolute Gasteiger partial charge is 0.307 e. The molecule has 2 N–H and O–H groups in total. The number of hydrogen-bond donors (Lipinski definition) is 1. The fraction of sp³-hybridized carbons (Fsp3) is 0.235. The molecule has 6 heteroatoms. The Morgan fingerprint density at radius 3 is 2.83 bits per heavy atom. The number of nitrogens with one attached hydrogen (secondary N) is 2. The lowest BCUT2D eigenvalue weighted by molar-refractivity contribution is 0.258. The van der Waals surface area contributed by atoms with Crippen LogP contribution in [0, 0.1) is 0 Å². The molecule has 3 rings (SSSR count). The van der Waals surface area contributed by atoms with Gasteiger partial charge in [-0.15, -0.1) is 0 Å². The second-order valence-corrected chi connectivity index (χ2v) is 6.63. The third-order valence-corrected chi connectivity index (χ3v) is 4.59. The molecule has 23 heavy (non-hydrogen) atoms. The van der Waals surface area contributed by atoms with Gasteiger partial charge in [0, 0.05) is 34.7 Å². The van der Waals surface area contributed by atoms with Crippen LogP contribution in [-0.2, 0) is 6.54 Å². The van der Waals surface area contributed by atoms with Crippen molar-refractivity contribution in [2.45, 2.75) is 12.5 Å². The molecule has 4 nitrogen and oxygen atoms in total. The number of benzene rings is 2. The Hall–Kier alpha value is -1.75. The van der Waals surface area contributed by atoms with Crippen LogP contribution in [-0.4, -0.2) is 24.5 Å². The van der Waals surface area contributed by atoms with E-state index in [2.05, 4.69) is 17.3 Å². The molecule has 0 saturated carbocycles. The predicted octanol–water partition coefficient (Wildman–Crippen LogP) is 4.39. The van der Waals surface area contributed by atoms with E-state index in [1.54, 1.807) is 12.1 Å². The topological polar surface area (TPSA) is 56.1 Å². The molecule has 119 valence electrons. The maximum atomic E-state index is 11.0. The molecule has 0 aromatic heterocycles. The van der Waals surface area contributed by atoms with Gasteiger partial charge in [0.15, 0.2) is 0 Å². The summed E-state index contributed by atoms with van der Waals surface area (Å²) in [5.41, 5.74) is 10.9. The molecule has 1 heterocycles. The van der Waals surface area contributed by atoms with Crippen molar-refractivity contribution in [1.29, 1.82) is 0 Å². The van der Waals surface area contributed by atoms with E-state index in [1.165, 1.54) is 0 Å². The van der Waals surface area contributed by atoms with Crippen molar-refractivity contribution in [3.63, 3.8) is 0 Å². The first-order chi connectivity index (χ1) is 10.9. The molecular weight excluding hydrogens is 333 g/mol. The lowest BCUT2D eigenvalue weighted by Gasteiger charge is -2.33. The Balaban J connectivity index is 2.06. The van der Waals surface area contributed by atoms with Crippen molar-refractivity contribution in [1.82, 2.24) is 10.6 Å². The quantitative estimate of drug-likeness (QED) is 0.874. The normalized spacial score (nSPS) is 17.6. The standard InChI is InChI=1S/C17H16Cl2N3O/c1-22-8-14(10-3-2-4-12(5-10)21-17(20)23)13-6-11(18)7-16(19)15(13)9-22/h2-7,14,20H,8-9H2,1H3,(H,21,23). The van der Waals surface area contributed by atoms with E-state index in [1.807, 2.05) is 24.3 Å². The number of amides is 2. The van der Waals surface area contributed by atoms with E-state index in [0.29, 0.717) is 15.7 Å². The first-order valence-electron chi connectivity index (χ1n) is 7.23. The second kappa shape index (κ2) is 6.40. The third kappa shape index (κ3) is 3.44. The van der Waals surface area contributed by atoms with Crippen LogP contribution in [0.3, 0.4) is 0 Å². The van der Waals surface area contributed by atoms with E-state index < -0.39 is 6.03 Å². The molecule has 0 saturated heterocycles. The fourth-order valence-electron chi connectivity index (χ4n) is 3.09. The summed E-state index contributed by atoms with van der Waals surface area (Å²) in [6, 6.07) is 10.5. The number of anilines is 1. The van der Waals surface area contributed by atoms with E-state index in [0.717, 1.165) is 29.8 Å². The second-order valence-electron chi connectivity index (χ2n) is 5.78. The van der Waals surface area contributed by atoms with E-state index in [-0.39, 0.29) is 5.92 Å². The molecule has 2 aromatic rings. The zero-order chi connectivity index (χ0) is 16.6. The van der Waals surface area contributed by atoms with Crippen molar-refractivity contribution in [3.05, 3.63) is 63.1 Å². The molecule has 1 atom stereocenters. The molecule has 0 aliphatic carbocycles. The van der Waals surface area contributed by atoms with E-state index in [4.69, 9.17) is 28.9 Å². The summed E-state index contributed by atoms with van der Waals surface area (Å²) >= 11 is 12.6. The van der Waals surface area contributed by atoms with Crippen LogP contribution in [0.15, 0.2) is 36.4 Å². The highest BCUT2D eigenvalue weighted by Gasteiger charge is 2.27. The summed E-state index contributed by atoms with van der Waals surface area (Å²) in [4.78, 5) is 13.2. The van der Waals surface area contributed by atoms with Gasteiger partial charge in [-0.2, -0.15) is 0 Å². The maximum absolute atomic E-state index is 11.0. The Morgan fingerprint density at radius 2 is 2.09 bits per heavy atom. The lowest BCUT2D eigenvalue weighted by Crippen LogP contribution is -2.31. The zero-order valence-corrected chi connectivity index (χ0v) is 14.1. The zero-order valence-electron chi connectivity index (χ0n) is 12.6. The van der Waals surface area contributed by atoms with Crippen molar-refractivity contribution in [2.24, 2.45) is 0 Å². The minimum atomic E-state index is -0.825. The first kappa shape index (κ1) is 16.1. The molecule has 1 radical (unpaired) electrons. The van der Waals surface area contributed by atoms with Crippen molar-refractivity contribution < 1.29 is 4.79 Å². The minimum Gasteiger partial charge on any atom is -0.307 e. The highest BCUT2D eigenvalue weighted by molar-refractivity contribution is 6.35. The summed E-state index contributed by atoms with van der Waals surface area (Å²) < 4.78 is 0. The van der Waals surface area contributed by atoms with Gasteiger partial charge in [-0.1, -0.05) is 35.3 Å². The summed E-state index contributed by atoms with van der Waals surface area (Å²) in [5.74, 6) is 0.113. The Kier molecular flexibility index (Phi) is 4.48. The van der Waals surface area contributed by atoms with Crippen molar-refractivity contribution in [2.75, 3.05) is 18.9 Å². The van der Waals surface area contributed by atoms with Crippen LogP contribution in [0.2, 0.25) is 10.0 Å². The summed E-state index contributed by atoms with van der Waals surface area (Å²) in [6.45, 7) is 1.62. The predicted molar refractivity (Wildman–Crippen MR) is 93.2 cm³/mol. The van der Waals surface area contributed by atoms with Crippen molar-refractivity contribution >= 4 is 34.9 Å². The number of fused-ring (bicyclic) bond motifs is 1. The lowest BCUT2D eigenvalue weighted by atomic mass is 9.84. The van der Waals surface area contributed by atoms with Gasteiger partial charge in [-0.25, -0.2) is 10.5 Å². The average Bonchev–Trinajstić information content (AvgIpc) is 2.47. The van der Waals surface area contributed by atoms with Gasteiger partial charge < -0.3 is 10.2 Å². The first-order valence-corrected chi connectivity index (χ1v) is 7.98. The molecule has 1 unspecified atom stereocenters. The fourth-order valence-corrected chi connectivity index (χ4v) is 3.66. The largest absolute Gasteiger partial charge is 0.337 e. The number of nitrogens with zero attached hydrogens (tertiary/aromatic N) is 1. The SMILES string of the molecule is CN1Cc2c(Cl)cc(Cl)cc2C(c2cccc(NC([NH])=O)c2)C1. The molecule has 0 fully saturated rings. The molecular formula is C17H16Cl2N3O. The van der Waals surface area contributed by atoms with Gasteiger partial charge in [-0.3, -0.25) is 0 Å². The molecule has 0 spiro atoms. The maximum Gasteiger partial charge on any atom is 0.337 e. The van der Waals surface area contributed by atoms with Gasteiger partial charge in [0.05, 0.1) is 0 Å². The number of rotatable bonds is 2. The summed E-state index contributed by atoms with van der Waals surface area (Å²) in [6.07, 6.45) is 0. The minimum absolute atomic E-state index is 0.113. The molecule has 1 aliphatic rings. The van der Waals surface area contributed by atoms with Gasteiger partial charge in [0.2, 0.25) is 0 Å². The van der Waals surface area contributed by atoms with Gasteiger partial charge >= 0.3 is 6.03 Å². The Morgan fingerprint density at radius 1 is 1.30 bits per heavy atom. The number of carbonyl (C=O) groups is 1. The Labute approximate surface area is 145 Å². The highest BCUT2D eigenvalue weighted by atomic mass is 35.5.